The summed E-state index contributed by atoms with van der Waals surface area (Å²) in [4.78, 5) is 18.9. The third-order valence-electron chi connectivity index (χ3n) is 5.28. The minimum atomic E-state index is 0.00459. The number of hydrogen-bond donors (Lipinski definition) is 1. The molecule has 0 radical (unpaired) electrons. The number of hydrogen-bond acceptors (Lipinski definition) is 6. The largest absolute Gasteiger partial charge is 0.468 e. The van der Waals surface area contributed by atoms with Gasteiger partial charge in [-0.1, -0.05) is 17.3 Å². The van der Waals surface area contributed by atoms with Gasteiger partial charge in [-0.05, 0) is 55.5 Å². The Kier molecular flexibility index (Phi) is 4.89. The highest BCUT2D eigenvalue weighted by Gasteiger charge is 2.29. The van der Waals surface area contributed by atoms with E-state index in [4.69, 9.17) is 8.94 Å². The Balaban J connectivity index is 1.26. The van der Waals surface area contributed by atoms with Gasteiger partial charge in [0.2, 0.25) is 5.89 Å². The average molecular weight is 392 g/mol. The number of furan rings is 1. The molecule has 0 saturated heterocycles. The predicted molar refractivity (Wildman–Crippen MR) is 105 cm³/mol. The molecule has 2 heterocycles. The second-order valence-electron chi connectivity index (χ2n) is 7.99. The van der Waals surface area contributed by atoms with Gasteiger partial charge in [-0.15, -0.1) is 0 Å². The molecule has 2 aromatic heterocycles. The van der Waals surface area contributed by atoms with Gasteiger partial charge < -0.3 is 14.3 Å². The summed E-state index contributed by atoms with van der Waals surface area (Å²) in [5.41, 5.74) is 1.81. The van der Waals surface area contributed by atoms with Crippen LogP contribution in [-0.4, -0.2) is 27.0 Å². The van der Waals surface area contributed by atoms with Gasteiger partial charge in [-0.3, -0.25) is 9.69 Å². The van der Waals surface area contributed by atoms with E-state index >= 15 is 0 Å². The third kappa shape index (κ3) is 4.74. The quantitative estimate of drug-likeness (QED) is 0.599. The van der Waals surface area contributed by atoms with Crippen LogP contribution >= 0.6 is 0 Å². The Morgan fingerprint density at radius 2 is 1.90 bits per heavy atom. The number of nitrogens with zero attached hydrogens (tertiary/aromatic N) is 3. The van der Waals surface area contributed by atoms with Crippen molar-refractivity contribution in [3.8, 4) is 0 Å². The number of nitrogens with one attached hydrogen (secondary N) is 1. The van der Waals surface area contributed by atoms with E-state index < -0.39 is 0 Å². The van der Waals surface area contributed by atoms with E-state index in [9.17, 15) is 4.79 Å². The smallest absolute Gasteiger partial charge is 0.251 e. The molecule has 0 unspecified atom stereocenters. The van der Waals surface area contributed by atoms with Crippen molar-refractivity contribution in [3.05, 3.63) is 71.3 Å². The Morgan fingerprint density at radius 1 is 1.07 bits per heavy atom. The lowest BCUT2D eigenvalue weighted by molar-refractivity contribution is 0.0951. The van der Waals surface area contributed by atoms with Crippen LogP contribution in [0.2, 0.25) is 0 Å². The van der Waals surface area contributed by atoms with E-state index in [-0.39, 0.29) is 5.91 Å². The zero-order valence-corrected chi connectivity index (χ0v) is 16.2. The standard InChI is InChI=1S/C22H24N4O3/c27-22(23-18-9-10-18)17-5-3-15(4-6-17)12-26(13-19-2-1-11-28-19)14-20-24-21(25-29-20)16-7-8-16/h1-6,11,16,18H,7-10,12-14H2,(H,23,27). The van der Waals surface area contributed by atoms with E-state index in [1.165, 1.54) is 0 Å². The molecular formula is C22H24N4O3. The van der Waals surface area contributed by atoms with Gasteiger partial charge in [0.15, 0.2) is 5.82 Å². The highest BCUT2D eigenvalue weighted by molar-refractivity contribution is 5.94. The van der Waals surface area contributed by atoms with Crippen molar-refractivity contribution in [1.29, 1.82) is 0 Å². The molecule has 3 aromatic rings. The van der Waals surface area contributed by atoms with Crippen molar-refractivity contribution in [1.82, 2.24) is 20.4 Å². The third-order valence-corrected chi connectivity index (χ3v) is 5.28. The van der Waals surface area contributed by atoms with Gasteiger partial charge in [0, 0.05) is 24.1 Å². The first kappa shape index (κ1) is 18.1. The number of aromatic nitrogens is 2. The van der Waals surface area contributed by atoms with Crippen LogP contribution < -0.4 is 5.32 Å². The van der Waals surface area contributed by atoms with Crippen LogP contribution in [0.3, 0.4) is 0 Å². The molecule has 5 rings (SSSR count). The highest BCUT2D eigenvalue weighted by atomic mass is 16.5. The van der Waals surface area contributed by atoms with Crippen molar-refractivity contribution in [2.75, 3.05) is 0 Å². The highest BCUT2D eigenvalue weighted by Crippen LogP contribution is 2.38. The van der Waals surface area contributed by atoms with Crippen LogP contribution in [0.1, 0.15) is 65.0 Å². The van der Waals surface area contributed by atoms with Crippen molar-refractivity contribution >= 4 is 5.91 Å². The normalized spacial score (nSPS) is 16.3. The van der Waals surface area contributed by atoms with E-state index in [2.05, 4.69) is 20.4 Å². The molecule has 29 heavy (non-hydrogen) atoms. The molecular weight excluding hydrogens is 368 g/mol. The topological polar surface area (TPSA) is 84.4 Å². The number of rotatable bonds is 9. The number of carbonyl (C=O) groups excluding carboxylic acids is 1. The summed E-state index contributed by atoms with van der Waals surface area (Å²) >= 11 is 0. The second-order valence-corrected chi connectivity index (χ2v) is 7.99. The predicted octanol–water partition coefficient (Wildman–Crippen LogP) is 3.63. The summed E-state index contributed by atoms with van der Waals surface area (Å²) in [5.74, 6) is 2.81. The zero-order valence-electron chi connectivity index (χ0n) is 16.2. The van der Waals surface area contributed by atoms with Gasteiger partial charge >= 0.3 is 0 Å². The zero-order chi connectivity index (χ0) is 19.6. The van der Waals surface area contributed by atoms with E-state index in [1.54, 1.807) is 6.26 Å². The van der Waals surface area contributed by atoms with Crippen LogP contribution in [0, 0.1) is 0 Å². The first-order chi connectivity index (χ1) is 14.2. The number of amides is 1. The summed E-state index contributed by atoms with van der Waals surface area (Å²) in [6.07, 6.45) is 6.15. The maximum absolute atomic E-state index is 12.2. The Bertz CT molecular complexity index is 956. The fourth-order valence-electron chi connectivity index (χ4n) is 3.34. The summed E-state index contributed by atoms with van der Waals surface area (Å²) in [6.45, 7) is 1.87. The van der Waals surface area contributed by atoms with Crippen LogP contribution in [0.15, 0.2) is 51.6 Å². The molecule has 7 heteroatoms. The van der Waals surface area contributed by atoms with Crippen molar-refractivity contribution in [3.63, 3.8) is 0 Å². The Labute approximate surface area is 169 Å². The maximum atomic E-state index is 12.2. The molecule has 0 bridgehead atoms. The van der Waals surface area contributed by atoms with Gasteiger partial charge in [-0.25, -0.2) is 0 Å². The van der Waals surface area contributed by atoms with Crippen molar-refractivity contribution < 1.29 is 13.7 Å². The molecule has 2 aliphatic carbocycles. The summed E-state index contributed by atoms with van der Waals surface area (Å²) in [7, 11) is 0. The Hall–Kier alpha value is -2.93. The number of carbonyl (C=O) groups is 1. The fourth-order valence-corrected chi connectivity index (χ4v) is 3.34. The SMILES string of the molecule is O=C(NC1CC1)c1ccc(CN(Cc2ccco2)Cc2nc(C3CC3)no2)cc1. The molecule has 2 saturated carbocycles. The van der Waals surface area contributed by atoms with Crippen molar-refractivity contribution in [2.45, 2.75) is 57.3 Å². The van der Waals surface area contributed by atoms with E-state index in [0.717, 1.165) is 42.8 Å². The number of benzene rings is 1. The lowest BCUT2D eigenvalue weighted by Gasteiger charge is -2.19. The van der Waals surface area contributed by atoms with Gasteiger partial charge in [-0.2, -0.15) is 4.98 Å². The molecule has 0 atom stereocenters. The van der Waals surface area contributed by atoms with E-state index in [1.807, 2.05) is 36.4 Å². The van der Waals surface area contributed by atoms with Crippen molar-refractivity contribution in [2.24, 2.45) is 0 Å². The van der Waals surface area contributed by atoms with E-state index in [0.29, 0.717) is 43.0 Å². The minimum absolute atomic E-state index is 0.00459. The monoisotopic (exact) mass is 392 g/mol. The molecule has 150 valence electrons. The molecule has 2 aliphatic rings. The average Bonchev–Trinajstić information content (AvgIpc) is 3.64. The molecule has 2 fully saturated rings. The van der Waals surface area contributed by atoms with Crippen LogP contribution in [0.5, 0.6) is 0 Å². The first-order valence-electron chi connectivity index (χ1n) is 10.2. The molecule has 0 aliphatic heterocycles. The minimum Gasteiger partial charge on any atom is -0.468 e. The lowest BCUT2D eigenvalue weighted by Crippen LogP contribution is -2.25. The molecule has 0 spiro atoms. The van der Waals surface area contributed by atoms with Gasteiger partial charge in [0.05, 0.1) is 19.4 Å². The van der Waals surface area contributed by atoms with Gasteiger partial charge in [0.1, 0.15) is 5.76 Å². The lowest BCUT2D eigenvalue weighted by atomic mass is 10.1. The fraction of sp³-hybridized carbons (Fsp3) is 0.409. The first-order valence-corrected chi connectivity index (χ1v) is 10.2. The molecule has 1 N–H and O–H groups in total. The van der Waals surface area contributed by atoms with Crippen LogP contribution in [0.4, 0.5) is 0 Å². The summed E-state index contributed by atoms with van der Waals surface area (Å²) < 4.78 is 11.0. The second kappa shape index (κ2) is 7.83. The van der Waals surface area contributed by atoms with Crippen LogP contribution in [-0.2, 0) is 19.6 Å². The van der Waals surface area contributed by atoms with Crippen LogP contribution in [0.25, 0.3) is 0 Å². The van der Waals surface area contributed by atoms with Gasteiger partial charge in [0.25, 0.3) is 5.91 Å². The summed E-state index contributed by atoms with van der Waals surface area (Å²) in [6, 6.07) is 12.0. The molecule has 1 aromatic carbocycles. The summed E-state index contributed by atoms with van der Waals surface area (Å²) in [5, 5.41) is 7.13. The molecule has 1 amide bonds. The molecule has 7 nitrogen and oxygen atoms in total. The Morgan fingerprint density at radius 3 is 2.59 bits per heavy atom. The maximum Gasteiger partial charge on any atom is 0.251 e.